The van der Waals surface area contributed by atoms with Gasteiger partial charge in [0.25, 0.3) is 0 Å². The van der Waals surface area contributed by atoms with E-state index >= 15 is 0 Å². The predicted octanol–water partition coefficient (Wildman–Crippen LogP) is 3.65. The topological polar surface area (TPSA) is 55.7 Å². The van der Waals surface area contributed by atoms with Crippen molar-refractivity contribution in [3.8, 4) is 0 Å². The minimum Gasteiger partial charge on any atom is -0.389 e. The fraction of sp³-hybridized carbons (Fsp3) is 0.400. The van der Waals surface area contributed by atoms with Gasteiger partial charge in [0, 0.05) is 6.42 Å². The highest BCUT2D eigenvalue weighted by atomic mass is 32.2. The van der Waals surface area contributed by atoms with Crippen LogP contribution < -0.4 is 0 Å². The monoisotopic (exact) mass is 347 g/mol. The van der Waals surface area contributed by atoms with Crippen molar-refractivity contribution in [1.29, 1.82) is 0 Å². The molecule has 8 heteroatoms. The lowest BCUT2D eigenvalue weighted by Gasteiger charge is -2.12. The molecule has 0 radical (unpaired) electrons. The van der Waals surface area contributed by atoms with Crippen molar-refractivity contribution in [3.05, 3.63) is 41.5 Å². The predicted molar refractivity (Wildman–Crippen MR) is 81.5 cm³/mol. The zero-order chi connectivity index (χ0) is 17.3. The van der Waals surface area contributed by atoms with E-state index in [2.05, 4.69) is 5.16 Å². The Morgan fingerprint density at radius 2 is 2.04 bits per heavy atom. The molecule has 0 aromatic heterocycles. The number of halogens is 3. The van der Waals surface area contributed by atoms with Gasteiger partial charge in [0.15, 0.2) is 14.9 Å². The molecule has 0 fully saturated rings. The number of sulfone groups is 1. The van der Waals surface area contributed by atoms with Crippen LogP contribution in [0.4, 0.5) is 13.2 Å². The first-order valence-electron chi connectivity index (χ1n) is 6.81. The van der Waals surface area contributed by atoms with E-state index in [0.29, 0.717) is 0 Å². The third-order valence-corrected chi connectivity index (χ3v) is 4.74. The number of hydrogen-bond donors (Lipinski definition) is 0. The molecule has 0 saturated carbocycles. The van der Waals surface area contributed by atoms with E-state index in [4.69, 9.17) is 4.84 Å². The van der Waals surface area contributed by atoms with Gasteiger partial charge in [0.1, 0.15) is 5.60 Å². The number of hydrogen-bond acceptors (Lipinski definition) is 4. The Morgan fingerprint density at radius 3 is 2.61 bits per heavy atom. The summed E-state index contributed by atoms with van der Waals surface area (Å²) in [6.07, 6.45) is -1.61. The highest BCUT2D eigenvalue weighted by molar-refractivity contribution is 8.06. The smallest absolute Gasteiger partial charge is 0.389 e. The largest absolute Gasteiger partial charge is 0.416 e. The zero-order valence-electron chi connectivity index (χ0n) is 12.6. The number of alkyl halides is 3. The fourth-order valence-electron chi connectivity index (χ4n) is 2.00. The van der Waals surface area contributed by atoms with E-state index < -0.39 is 27.2 Å². The van der Waals surface area contributed by atoms with E-state index in [1.54, 1.807) is 13.8 Å². The molecule has 4 nitrogen and oxygen atoms in total. The van der Waals surface area contributed by atoms with Gasteiger partial charge in [0.05, 0.1) is 11.3 Å². The van der Waals surface area contributed by atoms with Gasteiger partial charge < -0.3 is 4.84 Å². The Labute approximate surface area is 132 Å². The van der Waals surface area contributed by atoms with Crippen LogP contribution >= 0.6 is 0 Å². The highest BCUT2D eigenvalue weighted by Gasteiger charge is 2.35. The Hall–Kier alpha value is -1.83. The van der Waals surface area contributed by atoms with Gasteiger partial charge in [-0.15, -0.1) is 0 Å². The molecule has 1 heterocycles. The lowest BCUT2D eigenvalue weighted by atomic mass is 10.1. The van der Waals surface area contributed by atoms with Gasteiger partial charge in [-0.25, -0.2) is 8.42 Å². The molecule has 2 rings (SSSR count). The zero-order valence-corrected chi connectivity index (χ0v) is 13.4. The number of oxime groups is 1. The van der Waals surface area contributed by atoms with Crippen LogP contribution in [-0.2, 0) is 20.9 Å². The Bertz CT molecular complexity index is 749. The van der Waals surface area contributed by atoms with Crippen LogP contribution in [0.3, 0.4) is 0 Å². The molecule has 0 bridgehead atoms. The van der Waals surface area contributed by atoms with Gasteiger partial charge in [-0.1, -0.05) is 29.4 Å². The van der Waals surface area contributed by atoms with Crippen LogP contribution in [0.1, 0.15) is 31.4 Å². The van der Waals surface area contributed by atoms with Crippen LogP contribution in [0, 0.1) is 0 Å². The Kier molecular flexibility index (Phi) is 4.57. The first-order chi connectivity index (χ1) is 10.5. The molecule has 23 heavy (non-hydrogen) atoms. The van der Waals surface area contributed by atoms with Crippen LogP contribution in [0.25, 0.3) is 6.08 Å². The first-order valence-corrected chi connectivity index (χ1v) is 8.46. The van der Waals surface area contributed by atoms with Gasteiger partial charge in [0.2, 0.25) is 0 Å². The summed E-state index contributed by atoms with van der Waals surface area (Å²) < 4.78 is 62.0. The summed E-state index contributed by atoms with van der Waals surface area (Å²) in [7, 11) is -3.62. The van der Waals surface area contributed by atoms with E-state index in [1.165, 1.54) is 24.3 Å². The summed E-state index contributed by atoms with van der Waals surface area (Å²) in [5, 5.41) is 3.53. The van der Waals surface area contributed by atoms with Gasteiger partial charge in [-0.3, -0.25) is 0 Å². The van der Waals surface area contributed by atoms with E-state index in [9.17, 15) is 21.6 Å². The van der Waals surface area contributed by atoms with Crippen LogP contribution in [0.2, 0.25) is 0 Å². The van der Waals surface area contributed by atoms with Crippen LogP contribution in [0.15, 0.2) is 35.5 Å². The number of rotatable bonds is 3. The van der Waals surface area contributed by atoms with Gasteiger partial charge in [-0.2, -0.15) is 13.2 Å². The van der Waals surface area contributed by atoms with E-state index in [0.717, 1.165) is 12.1 Å². The summed E-state index contributed by atoms with van der Waals surface area (Å²) in [6.45, 7) is 3.44. The maximum absolute atomic E-state index is 12.6. The van der Waals surface area contributed by atoms with Crippen molar-refractivity contribution in [2.45, 2.75) is 32.0 Å². The fourth-order valence-corrected chi connectivity index (χ4v) is 3.26. The lowest BCUT2D eigenvalue weighted by Crippen LogP contribution is -2.23. The molecule has 0 N–H and O–H groups in total. The molecule has 1 aromatic rings. The molecule has 0 unspecified atom stereocenters. The van der Waals surface area contributed by atoms with Crippen molar-refractivity contribution in [2.24, 2.45) is 5.16 Å². The normalized spacial score (nSPS) is 18.0. The molecule has 1 aliphatic rings. The molecule has 126 valence electrons. The van der Waals surface area contributed by atoms with Gasteiger partial charge >= 0.3 is 6.18 Å². The maximum atomic E-state index is 12.6. The third kappa shape index (κ3) is 4.57. The second-order valence-corrected chi connectivity index (χ2v) is 7.85. The molecular weight excluding hydrogens is 331 g/mol. The van der Waals surface area contributed by atoms with Gasteiger partial charge in [-0.05, 0) is 31.5 Å². The second-order valence-electron chi connectivity index (χ2n) is 5.82. The molecule has 0 aliphatic carbocycles. The van der Waals surface area contributed by atoms with Crippen molar-refractivity contribution in [1.82, 2.24) is 0 Å². The van der Waals surface area contributed by atoms with E-state index in [-0.39, 0.29) is 22.8 Å². The Morgan fingerprint density at radius 1 is 1.35 bits per heavy atom. The standard InChI is InChI=1S/C15H16F3NO3S/c1-14(2)10-13(19-22-14)23(20,21)8-4-6-11-5-3-7-12(9-11)15(16,17)18/h3-7,9H,8,10H2,1-2H3. The summed E-state index contributed by atoms with van der Waals surface area (Å²) >= 11 is 0. The average Bonchev–Trinajstić information content (AvgIpc) is 2.79. The SMILES string of the molecule is CC1(C)CC(S(=O)(=O)CC=Cc2cccc(C(F)(F)F)c2)=NO1. The maximum Gasteiger partial charge on any atom is 0.416 e. The van der Waals surface area contributed by atoms with Crippen LogP contribution in [-0.4, -0.2) is 24.8 Å². The summed E-state index contributed by atoms with van der Waals surface area (Å²) in [4.78, 5) is 5.02. The molecule has 0 amide bonds. The lowest BCUT2D eigenvalue weighted by molar-refractivity contribution is -0.137. The van der Waals surface area contributed by atoms with Crippen molar-refractivity contribution < 1.29 is 26.4 Å². The minimum atomic E-state index is -4.43. The van der Waals surface area contributed by atoms with E-state index in [1.807, 2.05) is 0 Å². The molecule has 0 atom stereocenters. The molecule has 1 aliphatic heterocycles. The van der Waals surface area contributed by atoms with Crippen molar-refractivity contribution >= 4 is 21.0 Å². The molecular formula is C15H16F3NO3S. The summed E-state index contributed by atoms with van der Waals surface area (Å²) in [6, 6.07) is 4.66. The number of benzene rings is 1. The Balaban J connectivity index is 2.08. The molecule has 0 saturated heterocycles. The highest BCUT2D eigenvalue weighted by Crippen LogP contribution is 2.30. The number of nitrogens with zero attached hydrogens (tertiary/aromatic N) is 1. The first kappa shape index (κ1) is 17.5. The summed E-state index contributed by atoms with van der Waals surface area (Å²) in [5.74, 6) is -0.346. The van der Waals surface area contributed by atoms with Crippen LogP contribution in [0.5, 0.6) is 0 Å². The third-order valence-electron chi connectivity index (χ3n) is 3.17. The second kappa shape index (κ2) is 5.99. The summed E-state index contributed by atoms with van der Waals surface area (Å²) in [5.41, 5.74) is -1.16. The van der Waals surface area contributed by atoms with Crippen molar-refractivity contribution in [3.63, 3.8) is 0 Å². The molecule has 0 spiro atoms. The quantitative estimate of drug-likeness (QED) is 0.839. The average molecular weight is 347 g/mol. The minimum absolute atomic E-state index is 0.0452. The van der Waals surface area contributed by atoms with Crippen molar-refractivity contribution in [2.75, 3.05) is 5.75 Å². The molecule has 1 aromatic carbocycles.